The number of ether oxygens (including phenoxy) is 1. The van der Waals surface area contributed by atoms with Crippen LogP contribution >= 0.6 is 11.6 Å². The van der Waals surface area contributed by atoms with E-state index in [0.717, 1.165) is 30.5 Å². The van der Waals surface area contributed by atoms with Crippen LogP contribution in [0.4, 0.5) is 16.2 Å². The number of carbonyl (C=O) groups excluding carboxylic acids is 1. The second kappa shape index (κ2) is 15.3. The van der Waals surface area contributed by atoms with E-state index in [0.29, 0.717) is 48.2 Å². The number of nitrogens with one attached hydrogen (secondary N) is 2. The molecular formula is C36H47ClN4O5S. The molecule has 5 rings (SSSR count). The standard InChI is InChI=1S/C36H47ClN4O5S/c1-4-5-6-7-8-9-22-40-23-24-41(35(40)43)29-15-17-30(18-16-29)47(44,45)39-28-13-10-26(11-14-28)20-21-38-33-31-19-12-27(37)25-32(31)46-36(2,3)34(33)42/h10-19,25,33-34,38-39,42H,4-9,20-24H2,1-3H3. The third kappa shape index (κ3) is 8.59. The lowest BCUT2D eigenvalue weighted by atomic mass is 9.86. The molecule has 2 unspecified atom stereocenters. The highest BCUT2D eigenvalue weighted by Crippen LogP contribution is 2.41. The molecule has 2 amide bonds. The number of hydrogen-bond acceptors (Lipinski definition) is 6. The van der Waals surface area contributed by atoms with E-state index in [1.165, 1.54) is 25.7 Å². The quantitative estimate of drug-likeness (QED) is 0.147. The van der Waals surface area contributed by atoms with Gasteiger partial charge in [-0.25, -0.2) is 13.2 Å². The van der Waals surface area contributed by atoms with Gasteiger partial charge in [0, 0.05) is 41.6 Å². The Morgan fingerprint density at radius 1 is 0.957 bits per heavy atom. The van der Waals surface area contributed by atoms with Crippen molar-refractivity contribution < 1.29 is 23.1 Å². The molecule has 47 heavy (non-hydrogen) atoms. The average Bonchev–Trinajstić information content (AvgIpc) is 3.41. The minimum Gasteiger partial charge on any atom is -0.485 e. The molecule has 2 atom stereocenters. The molecule has 3 N–H and O–H groups in total. The van der Waals surface area contributed by atoms with Crippen molar-refractivity contribution in [3.63, 3.8) is 0 Å². The molecule has 2 aliphatic heterocycles. The van der Waals surface area contributed by atoms with Gasteiger partial charge in [-0.3, -0.25) is 9.62 Å². The predicted molar refractivity (Wildman–Crippen MR) is 188 cm³/mol. The first-order valence-corrected chi connectivity index (χ1v) is 18.5. The number of aliphatic hydroxyl groups excluding tert-OH is 1. The highest BCUT2D eigenvalue weighted by molar-refractivity contribution is 7.92. The lowest BCUT2D eigenvalue weighted by molar-refractivity contribution is -0.0643. The fourth-order valence-corrected chi connectivity index (χ4v) is 7.45. The van der Waals surface area contributed by atoms with E-state index in [4.69, 9.17) is 16.3 Å². The van der Waals surface area contributed by atoms with E-state index in [1.54, 1.807) is 53.4 Å². The highest BCUT2D eigenvalue weighted by atomic mass is 35.5. The zero-order valence-corrected chi connectivity index (χ0v) is 29.1. The Kier molecular flexibility index (Phi) is 11.4. The van der Waals surface area contributed by atoms with Gasteiger partial charge in [-0.15, -0.1) is 0 Å². The van der Waals surface area contributed by atoms with Gasteiger partial charge in [0.25, 0.3) is 10.0 Å². The van der Waals surface area contributed by atoms with Crippen molar-refractivity contribution >= 4 is 39.0 Å². The lowest BCUT2D eigenvalue weighted by Gasteiger charge is -2.42. The van der Waals surface area contributed by atoms with E-state index in [2.05, 4.69) is 17.0 Å². The zero-order chi connectivity index (χ0) is 33.6. The minimum absolute atomic E-state index is 0.0231. The Hall–Kier alpha value is -3.31. The molecule has 0 radical (unpaired) electrons. The minimum atomic E-state index is -3.82. The molecular weight excluding hydrogens is 636 g/mol. The summed E-state index contributed by atoms with van der Waals surface area (Å²) in [6, 6.07) is 18.8. The van der Waals surface area contributed by atoms with Crippen molar-refractivity contribution in [2.75, 3.05) is 35.8 Å². The second-order valence-corrected chi connectivity index (χ2v) is 15.1. The molecule has 2 aliphatic rings. The normalized spacial score (nSPS) is 19.0. The summed E-state index contributed by atoms with van der Waals surface area (Å²) >= 11 is 6.17. The number of amides is 2. The number of nitrogens with zero attached hydrogens (tertiary/aromatic N) is 2. The molecule has 3 aromatic rings. The molecule has 0 aromatic heterocycles. The van der Waals surface area contributed by atoms with Crippen molar-refractivity contribution in [2.45, 2.75) is 88.4 Å². The van der Waals surface area contributed by atoms with Gasteiger partial charge in [-0.05, 0) is 87.3 Å². The van der Waals surface area contributed by atoms with Gasteiger partial charge in [0.15, 0.2) is 0 Å². The maximum absolute atomic E-state index is 13.1. The molecule has 254 valence electrons. The maximum Gasteiger partial charge on any atom is 0.324 e. The molecule has 0 bridgehead atoms. The first-order valence-electron chi connectivity index (χ1n) is 16.7. The number of anilines is 2. The highest BCUT2D eigenvalue weighted by Gasteiger charge is 2.42. The number of hydrogen-bond donors (Lipinski definition) is 3. The smallest absolute Gasteiger partial charge is 0.324 e. The number of urea groups is 1. The SMILES string of the molecule is CCCCCCCCN1CCN(c2ccc(S(=O)(=O)Nc3ccc(CCNC4c5ccc(Cl)cc5OC(C)(C)C4O)cc3)cc2)C1=O. The molecule has 0 aliphatic carbocycles. The number of fused-ring (bicyclic) bond motifs is 1. The number of benzene rings is 3. The molecule has 3 aromatic carbocycles. The van der Waals surface area contributed by atoms with Gasteiger partial charge in [-0.1, -0.05) is 68.8 Å². The van der Waals surface area contributed by atoms with E-state index in [9.17, 15) is 18.3 Å². The summed E-state index contributed by atoms with van der Waals surface area (Å²) in [5.41, 5.74) is 2.24. The third-order valence-corrected chi connectivity index (χ3v) is 10.7. The van der Waals surface area contributed by atoms with E-state index >= 15 is 0 Å². The fourth-order valence-electron chi connectivity index (χ4n) is 6.23. The van der Waals surface area contributed by atoms with Gasteiger partial charge >= 0.3 is 6.03 Å². The molecule has 1 fully saturated rings. The van der Waals surface area contributed by atoms with E-state index in [-0.39, 0.29) is 17.0 Å². The molecule has 0 saturated carbocycles. The van der Waals surface area contributed by atoms with E-state index in [1.807, 2.05) is 36.9 Å². The maximum atomic E-state index is 13.1. The number of unbranched alkanes of at least 4 members (excludes halogenated alkanes) is 5. The Bertz CT molecular complexity index is 1620. The Morgan fingerprint density at radius 2 is 1.66 bits per heavy atom. The van der Waals surface area contributed by atoms with Crippen LogP contribution in [0.15, 0.2) is 71.6 Å². The number of rotatable bonds is 15. The summed E-state index contributed by atoms with van der Waals surface area (Å²) in [7, 11) is -3.82. The Morgan fingerprint density at radius 3 is 2.38 bits per heavy atom. The molecule has 1 saturated heterocycles. The fraction of sp³-hybridized carbons (Fsp3) is 0.472. The molecule has 0 spiro atoms. The largest absolute Gasteiger partial charge is 0.485 e. The van der Waals surface area contributed by atoms with E-state index < -0.39 is 21.7 Å². The Balaban J connectivity index is 1.12. The van der Waals surface area contributed by atoms with Crippen molar-refractivity contribution in [2.24, 2.45) is 0 Å². The van der Waals surface area contributed by atoms with Crippen LogP contribution in [0.25, 0.3) is 0 Å². The predicted octanol–water partition coefficient (Wildman–Crippen LogP) is 7.15. The summed E-state index contributed by atoms with van der Waals surface area (Å²) < 4.78 is 35.0. The van der Waals surface area contributed by atoms with Crippen LogP contribution in [-0.2, 0) is 16.4 Å². The van der Waals surface area contributed by atoms with Crippen molar-refractivity contribution in [3.05, 3.63) is 82.9 Å². The van der Waals surface area contributed by atoms with Gasteiger partial charge < -0.3 is 20.1 Å². The third-order valence-electron chi connectivity index (χ3n) is 9.03. The lowest BCUT2D eigenvalue weighted by Crippen LogP contribution is -2.52. The van der Waals surface area contributed by atoms with Gasteiger partial charge in [0.2, 0.25) is 0 Å². The van der Waals surface area contributed by atoms with Crippen molar-refractivity contribution in [1.82, 2.24) is 10.2 Å². The van der Waals surface area contributed by atoms with Crippen molar-refractivity contribution in [1.29, 1.82) is 0 Å². The molecule has 9 nitrogen and oxygen atoms in total. The monoisotopic (exact) mass is 682 g/mol. The summed E-state index contributed by atoms with van der Waals surface area (Å²) in [6.07, 6.45) is 7.00. The summed E-state index contributed by atoms with van der Waals surface area (Å²) in [6.45, 7) is 8.53. The van der Waals surface area contributed by atoms with Crippen LogP contribution in [0.1, 0.15) is 76.5 Å². The summed E-state index contributed by atoms with van der Waals surface area (Å²) in [5.74, 6) is 0.659. The number of aliphatic hydroxyl groups is 1. The average molecular weight is 683 g/mol. The van der Waals surface area contributed by atoms with Crippen molar-refractivity contribution in [3.8, 4) is 5.75 Å². The van der Waals surface area contributed by atoms with Crippen LogP contribution in [0, 0.1) is 0 Å². The molecule has 2 heterocycles. The number of carbonyl (C=O) groups is 1. The number of halogens is 1. The Labute approximate surface area is 284 Å². The van der Waals surface area contributed by atoms with Gasteiger partial charge in [0.05, 0.1) is 10.9 Å². The summed E-state index contributed by atoms with van der Waals surface area (Å²) in [4.78, 5) is 16.7. The summed E-state index contributed by atoms with van der Waals surface area (Å²) in [5, 5.41) is 15.0. The second-order valence-electron chi connectivity index (χ2n) is 13.0. The first-order chi connectivity index (χ1) is 22.5. The van der Waals surface area contributed by atoms with Crippen LogP contribution < -0.4 is 19.7 Å². The number of sulfonamides is 1. The van der Waals surface area contributed by atoms with Crippen LogP contribution in [0.2, 0.25) is 5.02 Å². The first kappa shape index (κ1) is 35.0. The zero-order valence-electron chi connectivity index (χ0n) is 27.5. The van der Waals surface area contributed by atoms with Crippen LogP contribution in [-0.4, -0.2) is 62.3 Å². The topological polar surface area (TPSA) is 111 Å². The van der Waals surface area contributed by atoms with Gasteiger partial charge in [0.1, 0.15) is 17.5 Å². The van der Waals surface area contributed by atoms with Crippen LogP contribution in [0.5, 0.6) is 5.75 Å². The molecule has 11 heteroatoms. The van der Waals surface area contributed by atoms with Crippen LogP contribution in [0.3, 0.4) is 0 Å². The van der Waals surface area contributed by atoms with Gasteiger partial charge in [-0.2, -0.15) is 0 Å².